The van der Waals surface area contributed by atoms with E-state index in [1.807, 2.05) is 0 Å². The number of anilines is 1. The standard InChI is InChI=1S/C8H9ClN8S/c9-5-3-11-7(13-10)12-6(5)18-8-14-15-16-17(8)4-1-2-4/h3-4H,1-2,10H2,(H,11,12,13). The number of nitrogens with two attached hydrogens (primary N) is 1. The van der Waals surface area contributed by atoms with E-state index in [1.165, 1.54) is 18.0 Å². The van der Waals surface area contributed by atoms with E-state index >= 15 is 0 Å². The number of aromatic nitrogens is 6. The topological polar surface area (TPSA) is 107 Å². The van der Waals surface area contributed by atoms with Gasteiger partial charge >= 0.3 is 0 Å². The Morgan fingerprint density at radius 3 is 3.06 bits per heavy atom. The van der Waals surface area contributed by atoms with E-state index in [2.05, 4.69) is 30.9 Å². The van der Waals surface area contributed by atoms with Gasteiger partial charge in [-0.3, -0.25) is 5.43 Å². The first-order chi connectivity index (χ1) is 8.78. The molecule has 1 aliphatic carbocycles. The van der Waals surface area contributed by atoms with Crippen LogP contribution in [-0.4, -0.2) is 30.2 Å². The van der Waals surface area contributed by atoms with Crippen LogP contribution in [-0.2, 0) is 0 Å². The van der Waals surface area contributed by atoms with Crippen LogP contribution in [0.4, 0.5) is 5.95 Å². The molecule has 0 spiro atoms. The van der Waals surface area contributed by atoms with Crippen LogP contribution >= 0.6 is 23.4 Å². The van der Waals surface area contributed by atoms with Crippen molar-refractivity contribution in [2.45, 2.75) is 29.1 Å². The first-order valence-electron chi connectivity index (χ1n) is 5.23. The molecule has 2 aromatic heterocycles. The third kappa shape index (κ3) is 2.24. The van der Waals surface area contributed by atoms with Gasteiger partial charge in [-0.25, -0.2) is 20.5 Å². The molecule has 2 heterocycles. The Bertz CT molecular complexity index is 568. The van der Waals surface area contributed by atoms with Gasteiger partial charge in [0.1, 0.15) is 5.03 Å². The van der Waals surface area contributed by atoms with Crippen LogP contribution in [0.25, 0.3) is 0 Å². The summed E-state index contributed by atoms with van der Waals surface area (Å²) >= 11 is 7.32. The zero-order valence-corrected chi connectivity index (χ0v) is 10.7. The van der Waals surface area contributed by atoms with Crippen molar-refractivity contribution in [2.24, 2.45) is 5.84 Å². The Morgan fingerprint density at radius 1 is 1.50 bits per heavy atom. The molecular weight excluding hydrogens is 276 g/mol. The third-order valence-corrected chi connectivity index (χ3v) is 3.73. The van der Waals surface area contributed by atoms with E-state index < -0.39 is 0 Å². The predicted octanol–water partition coefficient (Wildman–Crippen LogP) is 0.888. The van der Waals surface area contributed by atoms with Crippen LogP contribution in [0.5, 0.6) is 0 Å². The van der Waals surface area contributed by atoms with Gasteiger partial charge < -0.3 is 0 Å². The van der Waals surface area contributed by atoms with Crippen LogP contribution < -0.4 is 11.3 Å². The molecule has 0 aliphatic heterocycles. The second kappa shape index (κ2) is 4.67. The summed E-state index contributed by atoms with van der Waals surface area (Å²) in [5.41, 5.74) is 2.37. The molecule has 3 rings (SSSR count). The first kappa shape index (κ1) is 11.6. The fourth-order valence-electron chi connectivity index (χ4n) is 1.38. The van der Waals surface area contributed by atoms with Crippen LogP contribution in [0.1, 0.15) is 18.9 Å². The molecule has 3 N–H and O–H groups in total. The second-order valence-electron chi connectivity index (χ2n) is 3.73. The van der Waals surface area contributed by atoms with Crippen molar-refractivity contribution < 1.29 is 0 Å². The number of tetrazole rings is 1. The number of nitrogen functional groups attached to an aromatic ring is 1. The van der Waals surface area contributed by atoms with E-state index in [0.29, 0.717) is 27.2 Å². The lowest BCUT2D eigenvalue weighted by Gasteiger charge is -2.04. The zero-order valence-electron chi connectivity index (χ0n) is 9.12. The Balaban J connectivity index is 1.89. The van der Waals surface area contributed by atoms with E-state index in [0.717, 1.165) is 12.8 Å². The summed E-state index contributed by atoms with van der Waals surface area (Å²) in [6.45, 7) is 0. The minimum absolute atomic E-state index is 0.298. The number of hydrogen-bond donors (Lipinski definition) is 2. The molecule has 0 atom stereocenters. The van der Waals surface area contributed by atoms with Crippen molar-refractivity contribution in [1.29, 1.82) is 0 Å². The zero-order chi connectivity index (χ0) is 12.5. The van der Waals surface area contributed by atoms with Gasteiger partial charge in [0.15, 0.2) is 0 Å². The molecule has 8 nitrogen and oxygen atoms in total. The number of hydrazine groups is 1. The van der Waals surface area contributed by atoms with Crippen LogP contribution in [0.3, 0.4) is 0 Å². The molecule has 0 saturated heterocycles. The van der Waals surface area contributed by atoms with Gasteiger partial charge in [-0.15, -0.1) is 5.10 Å². The van der Waals surface area contributed by atoms with Gasteiger partial charge in [0.25, 0.3) is 0 Å². The SMILES string of the molecule is NNc1ncc(Cl)c(Sc2nnnn2C2CC2)n1. The lowest BCUT2D eigenvalue weighted by atomic mass is 10.7. The quantitative estimate of drug-likeness (QED) is 0.484. The molecule has 94 valence electrons. The number of hydrogen-bond acceptors (Lipinski definition) is 8. The first-order valence-corrected chi connectivity index (χ1v) is 6.42. The molecule has 10 heteroatoms. The molecule has 1 saturated carbocycles. The van der Waals surface area contributed by atoms with Crippen molar-refractivity contribution in [3.8, 4) is 0 Å². The smallest absolute Gasteiger partial charge is 0.238 e. The monoisotopic (exact) mass is 284 g/mol. The predicted molar refractivity (Wildman–Crippen MR) is 65.1 cm³/mol. The molecule has 2 aromatic rings. The van der Waals surface area contributed by atoms with Gasteiger partial charge in [0.05, 0.1) is 17.3 Å². The maximum atomic E-state index is 6.03. The highest BCUT2D eigenvalue weighted by Gasteiger charge is 2.28. The van der Waals surface area contributed by atoms with E-state index in [9.17, 15) is 0 Å². The second-order valence-corrected chi connectivity index (χ2v) is 5.09. The van der Waals surface area contributed by atoms with Crippen LogP contribution in [0.15, 0.2) is 16.4 Å². The van der Waals surface area contributed by atoms with Crippen LogP contribution in [0, 0.1) is 0 Å². The Kier molecular flexibility index (Phi) is 3.02. The normalized spacial score (nSPS) is 14.8. The third-order valence-electron chi connectivity index (χ3n) is 2.38. The highest BCUT2D eigenvalue weighted by atomic mass is 35.5. The number of rotatable bonds is 4. The van der Waals surface area contributed by atoms with Crippen molar-refractivity contribution >= 4 is 29.3 Å². The van der Waals surface area contributed by atoms with Gasteiger partial charge in [0, 0.05) is 0 Å². The Hall–Kier alpha value is -1.45. The van der Waals surface area contributed by atoms with Crippen LogP contribution in [0.2, 0.25) is 5.02 Å². The average Bonchev–Trinajstić information content (AvgIpc) is 3.13. The maximum absolute atomic E-state index is 6.03. The highest BCUT2D eigenvalue weighted by Crippen LogP contribution is 2.38. The summed E-state index contributed by atoms with van der Waals surface area (Å²) < 4.78 is 1.79. The highest BCUT2D eigenvalue weighted by molar-refractivity contribution is 7.99. The molecule has 0 bridgehead atoms. The maximum Gasteiger partial charge on any atom is 0.238 e. The van der Waals surface area contributed by atoms with Crippen molar-refractivity contribution in [2.75, 3.05) is 5.43 Å². The minimum Gasteiger partial charge on any atom is -0.292 e. The fourth-order valence-corrected chi connectivity index (χ4v) is 2.40. The van der Waals surface area contributed by atoms with Crippen molar-refractivity contribution in [3.05, 3.63) is 11.2 Å². The summed E-state index contributed by atoms with van der Waals surface area (Å²) in [5, 5.41) is 13.3. The summed E-state index contributed by atoms with van der Waals surface area (Å²) in [5.74, 6) is 5.56. The molecule has 18 heavy (non-hydrogen) atoms. The van der Waals surface area contributed by atoms with Gasteiger partial charge in [-0.05, 0) is 35.0 Å². The lowest BCUT2D eigenvalue weighted by molar-refractivity contribution is 0.565. The van der Waals surface area contributed by atoms with Gasteiger partial charge in [-0.1, -0.05) is 11.6 Å². The molecule has 0 aromatic carbocycles. The average molecular weight is 285 g/mol. The van der Waals surface area contributed by atoms with E-state index in [1.54, 1.807) is 4.68 Å². The largest absolute Gasteiger partial charge is 0.292 e. The minimum atomic E-state index is 0.298. The van der Waals surface area contributed by atoms with E-state index in [-0.39, 0.29) is 0 Å². The summed E-state index contributed by atoms with van der Waals surface area (Å²) in [6.07, 6.45) is 3.69. The Morgan fingerprint density at radius 2 is 2.33 bits per heavy atom. The van der Waals surface area contributed by atoms with Gasteiger partial charge in [0.2, 0.25) is 11.1 Å². The summed E-state index contributed by atoms with van der Waals surface area (Å²) in [4.78, 5) is 8.07. The summed E-state index contributed by atoms with van der Waals surface area (Å²) in [7, 11) is 0. The lowest BCUT2D eigenvalue weighted by Crippen LogP contribution is -2.10. The molecule has 0 amide bonds. The molecule has 1 aliphatic rings. The fraction of sp³-hybridized carbons (Fsp3) is 0.375. The Labute approximate surface area is 111 Å². The number of halogens is 1. The van der Waals surface area contributed by atoms with E-state index in [4.69, 9.17) is 17.4 Å². The molecular formula is C8H9ClN8S. The van der Waals surface area contributed by atoms with Gasteiger partial charge in [-0.2, -0.15) is 0 Å². The number of nitrogens with zero attached hydrogens (tertiary/aromatic N) is 6. The number of nitrogens with one attached hydrogen (secondary N) is 1. The van der Waals surface area contributed by atoms with Crippen molar-refractivity contribution in [1.82, 2.24) is 30.2 Å². The van der Waals surface area contributed by atoms with Crippen molar-refractivity contribution in [3.63, 3.8) is 0 Å². The summed E-state index contributed by atoms with van der Waals surface area (Å²) in [6, 6.07) is 0.398. The molecule has 0 unspecified atom stereocenters. The molecule has 1 fully saturated rings. The molecule has 0 radical (unpaired) electrons.